The number of allylic oxidation sites excluding steroid dienone is 1. The Hall–Kier alpha value is -3.84. The molecule has 130 valence electrons. The van der Waals surface area contributed by atoms with Gasteiger partial charge in [-0.1, -0.05) is 17.9 Å². The van der Waals surface area contributed by atoms with Gasteiger partial charge in [-0.3, -0.25) is 9.97 Å². The predicted molar refractivity (Wildman–Crippen MR) is 108 cm³/mol. The third kappa shape index (κ3) is 3.73. The molecule has 1 aromatic carbocycles. The van der Waals surface area contributed by atoms with Crippen molar-refractivity contribution in [3.63, 3.8) is 0 Å². The smallest absolute Gasteiger partial charge is 0.119 e. The van der Waals surface area contributed by atoms with Gasteiger partial charge in [0.2, 0.25) is 0 Å². The fraction of sp³-hybridized carbons (Fsp3) is 0.0435. The molecule has 4 aromatic rings. The average molecular weight is 351 g/mol. The van der Waals surface area contributed by atoms with E-state index in [4.69, 9.17) is 4.74 Å². The van der Waals surface area contributed by atoms with Crippen LogP contribution in [0.2, 0.25) is 0 Å². The van der Waals surface area contributed by atoms with E-state index in [1.165, 1.54) is 0 Å². The first-order chi connectivity index (χ1) is 13.3. The van der Waals surface area contributed by atoms with E-state index >= 15 is 0 Å². The van der Waals surface area contributed by atoms with Gasteiger partial charge in [0.15, 0.2) is 0 Å². The molecule has 1 N–H and O–H groups in total. The largest absolute Gasteiger partial charge is 0.497 e. The van der Waals surface area contributed by atoms with Crippen LogP contribution in [0.15, 0.2) is 73.4 Å². The molecule has 0 unspecified atom stereocenters. The molecule has 0 bridgehead atoms. The van der Waals surface area contributed by atoms with Crippen LogP contribution in [0.5, 0.6) is 5.75 Å². The number of ether oxygens (including phenoxy) is 1. The number of aromatic amines is 1. The molecule has 4 heteroatoms. The van der Waals surface area contributed by atoms with E-state index in [-0.39, 0.29) is 0 Å². The summed E-state index contributed by atoms with van der Waals surface area (Å²) >= 11 is 0. The molecule has 0 fully saturated rings. The van der Waals surface area contributed by atoms with Crippen molar-refractivity contribution in [2.45, 2.75) is 0 Å². The molecule has 3 heterocycles. The number of hydrogen-bond acceptors (Lipinski definition) is 3. The lowest BCUT2D eigenvalue weighted by atomic mass is 10.0. The first-order valence-electron chi connectivity index (χ1n) is 8.53. The van der Waals surface area contributed by atoms with Crippen LogP contribution in [0.3, 0.4) is 0 Å². The van der Waals surface area contributed by atoms with E-state index < -0.39 is 0 Å². The van der Waals surface area contributed by atoms with E-state index in [2.05, 4.69) is 26.8 Å². The van der Waals surface area contributed by atoms with Crippen molar-refractivity contribution >= 4 is 22.6 Å². The average Bonchev–Trinajstić information content (AvgIpc) is 3.15. The van der Waals surface area contributed by atoms with Crippen molar-refractivity contribution in [1.29, 1.82) is 0 Å². The van der Waals surface area contributed by atoms with Gasteiger partial charge in [0, 0.05) is 58.6 Å². The van der Waals surface area contributed by atoms with Crippen LogP contribution in [0.25, 0.3) is 22.6 Å². The summed E-state index contributed by atoms with van der Waals surface area (Å²) < 4.78 is 5.39. The molecule has 4 rings (SSSR count). The first kappa shape index (κ1) is 16.6. The summed E-state index contributed by atoms with van der Waals surface area (Å²) in [6.07, 6.45) is 11.1. The van der Waals surface area contributed by atoms with Gasteiger partial charge in [-0.15, -0.1) is 0 Å². The van der Waals surface area contributed by atoms with Gasteiger partial charge < -0.3 is 9.72 Å². The zero-order valence-electron chi connectivity index (χ0n) is 14.8. The second kappa shape index (κ2) is 7.59. The second-order valence-corrected chi connectivity index (χ2v) is 5.94. The van der Waals surface area contributed by atoms with E-state index in [0.29, 0.717) is 0 Å². The lowest BCUT2D eigenvalue weighted by molar-refractivity contribution is 0.415. The minimum absolute atomic E-state index is 0.811. The first-order valence-corrected chi connectivity index (χ1v) is 8.53. The topological polar surface area (TPSA) is 50.8 Å². The number of aromatic nitrogens is 3. The zero-order chi connectivity index (χ0) is 18.5. The van der Waals surface area contributed by atoms with Crippen molar-refractivity contribution < 1.29 is 4.74 Å². The highest BCUT2D eigenvalue weighted by molar-refractivity contribution is 6.02. The highest BCUT2D eigenvalue weighted by Crippen LogP contribution is 2.29. The van der Waals surface area contributed by atoms with Gasteiger partial charge in [-0.25, -0.2) is 0 Å². The summed E-state index contributed by atoms with van der Waals surface area (Å²) in [6, 6.07) is 13.7. The van der Waals surface area contributed by atoms with E-state index in [1.54, 1.807) is 25.7 Å². The maximum atomic E-state index is 5.39. The summed E-state index contributed by atoms with van der Waals surface area (Å²) in [4.78, 5) is 11.6. The van der Waals surface area contributed by atoms with Crippen LogP contribution < -0.4 is 4.74 Å². The number of fused-ring (bicyclic) bond motifs is 1. The van der Waals surface area contributed by atoms with Gasteiger partial charge in [-0.2, -0.15) is 0 Å². The Kier molecular flexibility index (Phi) is 4.67. The van der Waals surface area contributed by atoms with Crippen molar-refractivity contribution in [1.82, 2.24) is 15.0 Å². The summed E-state index contributed by atoms with van der Waals surface area (Å²) in [5.41, 5.74) is 4.87. The van der Waals surface area contributed by atoms with Gasteiger partial charge in [-0.05, 0) is 48.0 Å². The summed E-state index contributed by atoms with van der Waals surface area (Å²) in [6.45, 7) is 0. The number of methoxy groups -OCH3 is 1. The maximum absolute atomic E-state index is 5.39. The number of pyridine rings is 2. The molecule has 0 saturated heterocycles. The van der Waals surface area contributed by atoms with Crippen LogP contribution in [0, 0.1) is 11.8 Å². The zero-order valence-corrected chi connectivity index (χ0v) is 14.8. The fourth-order valence-corrected chi connectivity index (χ4v) is 2.83. The molecule has 0 atom stereocenters. The standard InChI is InChI=1S/C23H17N3O/c1-27-20-6-7-23-21(14-20)22(16-26-23)19(13-18-3-2-10-25-15-18)5-4-17-8-11-24-12-9-17/h2-3,6-16,26H,1H3. The van der Waals surface area contributed by atoms with Crippen LogP contribution in [-0.4, -0.2) is 22.1 Å². The summed E-state index contributed by atoms with van der Waals surface area (Å²) in [7, 11) is 1.67. The van der Waals surface area contributed by atoms with Crippen molar-refractivity contribution in [3.05, 3.63) is 90.1 Å². The number of nitrogens with one attached hydrogen (secondary N) is 1. The Balaban J connectivity index is 1.86. The van der Waals surface area contributed by atoms with Crippen molar-refractivity contribution in [2.24, 2.45) is 0 Å². The summed E-state index contributed by atoms with van der Waals surface area (Å²) in [5, 5.41) is 1.06. The Bertz CT molecular complexity index is 1150. The van der Waals surface area contributed by atoms with Gasteiger partial charge in [0.05, 0.1) is 7.11 Å². The van der Waals surface area contributed by atoms with Crippen LogP contribution >= 0.6 is 0 Å². The number of benzene rings is 1. The normalized spacial score (nSPS) is 11.1. The number of nitrogens with zero attached hydrogens (tertiary/aromatic N) is 2. The Morgan fingerprint density at radius 1 is 1.07 bits per heavy atom. The molecule has 0 radical (unpaired) electrons. The molecule has 0 saturated carbocycles. The highest BCUT2D eigenvalue weighted by atomic mass is 16.5. The Morgan fingerprint density at radius 3 is 2.74 bits per heavy atom. The molecular formula is C23H17N3O. The quantitative estimate of drug-likeness (QED) is 0.551. The van der Waals surface area contributed by atoms with Crippen LogP contribution in [-0.2, 0) is 0 Å². The van der Waals surface area contributed by atoms with E-state index in [9.17, 15) is 0 Å². The molecule has 0 aliphatic carbocycles. The minimum atomic E-state index is 0.811. The number of rotatable bonds is 3. The summed E-state index contributed by atoms with van der Waals surface area (Å²) in [5.74, 6) is 7.35. The van der Waals surface area contributed by atoms with Crippen molar-refractivity contribution in [3.8, 4) is 17.6 Å². The molecule has 3 aromatic heterocycles. The molecule has 0 aliphatic rings. The van der Waals surface area contributed by atoms with Gasteiger partial charge in [0.25, 0.3) is 0 Å². The van der Waals surface area contributed by atoms with Crippen LogP contribution in [0.1, 0.15) is 16.7 Å². The lowest BCUT2D eigenvalue weighted by Gasteiger charge is -2.03. The Morgan fingerprint density at radius 2 is 1.96 bits per heavy atom. The molecule has 0 spiro atoms. The monoisotopic (exact) mass is 351 g/mol. The number of H-pyrrole nitrogens is 1. The van der Waals surface area contributed by atoms with Crippen LogP contribution in [0.4, 0.5) is 0 Å². The van der Waals surface area contributed by atoms with E-state index in [0.717, 1.165) is 38.9 Å². The Labute approximate surface area is 157 Å². The van der Waals surface area contributed by atoms with Gasteiger partial charge in [0.1, 0.15) is 5.75 Å². The third-order valence-corrected chi connectivity index (χ3v) is 4.20. The third-order valence-electron chi connectivity index (χ3n) is 4.20. The highest BCUT2D eigenvalue weighted by Gasteiger charge is 2.09. The molecule has 0 aliphatic heterocycles. The lowest BCUT2D eigenvalue weighted by Crippen LogP contribution is -1.85. The fourth-order valence-electron chi connectivity index (χ4n) is 2.83. The SMILES string of the molecule is COc1ccc2[nH]cc(C(C#Cc3ccncc3)=Cc3cccnc3)c2c1. The molecule has 0 amide bonds. The molecule has 27 heavy (non-hydrogen) atoms. The maximum Gasteiger partial charge on any atom is 0.119 e. The molecule has 4 nitrogen and oxygen atoms in total. The molecular weight excluding hydrogens is 334 g/mol. The van der Waals surface area contributed by atoms with E-state index in [1.807, 2.05) is 60.9 Å². The second-order valence-electron chi connectivity index (χ2n) is 5.94. The number of hydrogen-bond donors (Lipinski definition) is 1. The predicted octanol–water partition coefficient (Wildman–Crippen LogP) is 4.56. The van der Waals surface area contributed by atoms with Crippen molar-refractivity contribution in [2.75, 3.05) is 7.11 Å². The minimum Gasteiger partial charge on any atom is -0.497 e. The van der Waals surface area contributed by atoms with Gasteiger partial charge >= 0.3 is 0 Å².